The molecule has 1 heterocycles. The van der Waals surface area contributed by atoms with Gasteiger partial charge in [-0.15, -0.1) is 0 Å². The molecule has 1 aliphatic heterocycles. The lowest BCUT2D eigenvalue weighted by molar-refractivity contribution is 0.308. The van der Waals surface area contributed by atoms with Crippen molar-refractivity contribution in [3.05, 3.63) is 18.2 Å². The average molecular weight is 206 g/mol. The lowest BCUT2D eigenvalue weighted by Crippen LogP contribution is -2.32. The first-order valence-electron chi connectivity index (χ1n) is 5.60. The van der Waals surface area contributed by atoms with E-state index in [0.717, 1.165) is 37.7 Å². The van der Waals surface area contributed by atoms with Gasteiger partial charge in [-0.05, 0) is 26.0 Å². The van der Waals surface area contributed by atoms with E-state index in [1.165, 1.54) is 5.69 Å². The summed E-state index contributed by atoms with van der Waals surface area (Å²) in [4.78, 5) is 2.34. The Labute approximate surface area is 91.0 Å². The Morgan fingerprint density at radius 3 is 3.00 bits per heavy atom. The van der Waals surface area contributed by atoms with Crippen molar-refractivity contribution in [2.45, 2.75) is 13.8 Å². The fraction of sp³-hybridized carbons (Fsp3) is 0.500. The number of fused-ring (bicyclic) bond motifs is 1. The van der Waals surface area contributed by atoms with E-state index in [1.807, 2.05) is 0 Å². The first-order chi connectivity index (χ1) is 7.35. The van der Waals surface area contributed by atoms with E-state index in [0.29, 0.717) is 0 Å². The van der Waals surface area contributed by atoms with Crippen LogP contribution in [0, 0.1) is 0 Å². The lowest BCUT2D eigenvalue weighted by atomic mass is 10.2. The van der Waals surface area contributed by atoms with Crippen molar-refractivity contribution in [2.75, 3.05) is 36.5 Å². The molecule has 0 aromatic heterocycles. The van der Waals surface area contributed by atoms with Gasteiger partial charge in [0.2, 0.25) is 0 Å². The van der Waals surface area contributed by atoms with Gasteiger partial charge in [-0.2, -0.15) is 0 Å². The maximum atomic E-state index is 5.66. The summed E-state index contributed by atoms with van der Waals surface area (Å²) in [6.45, 7) is 8.03. The highest BCUT2D eigenvalue weighted by atomic mass is 16.5. The van der Waals surface area contributed by atoms with Crippen LogP contribution in [0.15, 0.2) is 18.2 Å². The van der Waals surface area contributed by atoms with Crippen LogP contribution in [-0.2, 0) is 0 Å². The monoisotopic (exact) mass is 206 g/mol. The second-order valence-corrected chi connectivity index (χ2v) is 3.64. The molecule has 1 aliphatic rings. The standard InChI is InChI=1S/C12H18N2O/c1-3-13-10-5-6-11-12(9-10)15-8-7-14(11)4-2/h5-6,9,13H,3-4,7-8H2,1-2H3. The zero-order chi connectivity index (χ0) is 10.7. The number of anilines is 2. The number of likely N-dealkylation sites (N-methyl/N-ethyl adjacent to an activating group) is 1. The van der Waals surface area contributed by atoms with Crippen LogP contribution in [0.3, 0.4) is 0 Å². The van der Waals surface area contributed by atoms with Gasteiger partial charge in [0.25, 0.3) is 0 Å². The Kier molecular flexibility index (Phi) is 2.99. The fourth-order valence-corrected chi connectivity index (χ4v) is 1.92. The predicted octanol–water partition coefficient (Wildman–Crippen LogP) is 2.34. The molecule has 0 saturated heterocycles. The second kappa shape index (κ2) is 4.43. The molecule has 0 fully saturated rings. The number of rotatable bonds is 3. The molecular formula is C12H18N2O. The molecule has 82 valence electrons. The zero-order valence-electron chi connectivity index (χ0n) is 9.42. The van der Waals surface area contributed by atoms with Crippen LogP contribution in [0.2, 0.25) is 0 Å². The van der Waals surface area contributed by atoms with Crippen LogP contribution in [0.1, 0.15) is 13.8 Å². The van der Waals surface area contributed by atoms with Crippen LogP contribution < -0.4 is 15.0 Å². The Bertz CT molecular complexity index is 338. The Morgan fingerprint density at radius 1 is 1.40 bits per heavy atom. The summed E-state index contributed by atoms with van der Waals surface area (Å²) >= 11 is 0. The summed E-state index contributed by atoms with van der Waals surface area (Å²) in [5.41, 5.74) is 2.35. The summed E-state index contributed by atoms with van der Waals surface area (Å²) in [6, 6.07) is 6.33. The lowest BCUT2D eigenvalue weighted by Gasteiger charge is -2.30. The Balaban J connectivity index is 2.27. The minimum Gasteiger partial charge on any atom is -0.489 e. The van der Waals surface area contributed by atoms with Crippen molar-refractivity contribution < 1.29 is 4.74 Å². The molecular weight excluding hydrogens is 188 g/mol. The quantitative estimate of drug-likeness (QED) is 0.821. The highest BCUT2D eigenvalue weighted by Gasteiger charge is 2.16. The number of nitrogens with zero attached hydrogens (tertiary/aromatic N) is 1. The summed E-state index contributed by atoms with van der Waals surface area (Å²) in [5.74, 6) is 1.00. The molecule has 0 atom stereocenters. The summed E-state index contributed by atoms with van der Waals surface area (Å²) in [7, 11) is 0. The van der Waals surface area contributed by atoms with Gasteiger partial charge in [0, 0.05) is 24.8 Å². The Hall–Kier alpha value is -1.38. The van der Waals surface area contributed by atoms with Crippen molar-refractivity contribution in [1.29, 1.82) is 0 Å². The molecule has 1 aromatic carbocycles. The normalized spacial score (nSPS) is 14.4. The van der Waals surface area contributed by atoms with E-state index < -0.39 is 0 Å². The van der Waals surface area contributed by atoms with Crippen LogP contribution >= 0.6 is 0 Å². The highest BCUT2D eigenvalue weighted by Crippen LogP contribution is 2.33. The number of benzene rings is 1. The van der Waals surface area contributed by atoms with E-state index in [2.05, 4.69) is 42.3 Å². The fourth-order valence-electron chi connectivity index (χ4n) is 1.92. The molecule has 3 nitrogen and oxygen atoms in total. The van der Waals surface area contributed by atoms with E-state index in [9.17, 15) is 0 Å². The minimum atomic E-state index is 0.788. The SMILES string of the molecule is CCNc1ccc2c(c1)OCCN2CC. The van der Waals surface area contributed by atoms with Crippen molar-refractivity contribution in [1.82, 2.24) is 0 Å². The third kappa shape index (κ3) is 2.01. The van der Waals surface area contributed by atoms with Crippen molar-refractivity contribution >= 4 is 11.4 Å². The van der Waals surface area contributed by atoms with Crippen LogP contribution in [0.25, 0.3) is 0 Å². The van der Waals surface area contributed by atoms with E-state index in [4.69, 9.17) is 4.74 Å². The van der Waals surface area contributed by atoms with Gasteiger partial charge >= 0.3 is 0 Å². The molecule has 2 rings (SSSR count). The maximum Gasteiger partial charge on any atom is 0.144 e. The van der Waals surface area contributed by atoms with Crippen molar-refractivity contribution in [3.8, 4) is 5.75 Å². The maximum absolute atomic E-state index is 5.66. The molecule has 0 aliphatic carbocycles. The first-order valence-corrected chi connectivity index (χ1v) is 5.60. The van der Waals surface area contributed by atoms with Crippen LogP contribution in [0.4, 0.5) is 11.4 Å². The zero-order valence-corrected chi connectivity index (χ0v) is 9.42. The van der Waals surface area contributed by atoms with Crippen LogP contribution in [0.5, 0.6) is 5.75 Å². The number of ether oxygens (including phenoxy) is 1. The summed E-state index contributed by atoms with van der Waals surface area (Å²) in [5, 5.41) is 3.29. The molecule has 0 radical (unpaired) electrons. The van der Waals surface area contributed by atoms with Gasteiger partial charge in [0.05, 0.1) is 12.2 Å². The Morgan fingerprint density at radius 2 is 2.27 bits per heavy atom. The second-order valence-electron chi connectivity index (χ2n) is 3.64. The molecule has 1 N–H and O–H groups in total. The smallest absolute Gasteiger partial charge is 0.144 e. The molecule has 0 unspecified atom stereocenters. The van der Waals surface area contributed by atoms with Gasteiger partial charge in [-0.1, -0.05) is 0 Å². The molecule has 0 amide bonds. The van der Waals surface area contributed by atoms with E-state index in [1.54, 1.807) is 0 Å². The number of nitrogens with one attached hydrogen (secondary N) is 1. The van der Waals surface area contributed by atoms with Gasteiger partial charge in [0.1, 0.15) is 12.4 Å². The molecule has 0 bridgehead atoms. The minimum absolute atomic E-state index is 0.788. The van der Waals surface area contributed by atoms with E-state index in [-0.39, 0.29) is 0 Å². The average Bonchev–Trinajstić information content (AvgIpc) is 2.28. The third-order valence-electron chi connectivity index (χ3n) is 2.68. The number of hydrogen-bond acceptors (Lipinski definition) is 3. The molecule has 0 spiro atoms. The molecule has 0 saturated carbocycles. The van der Waals surface area contributed by atoms with Crippen molar-refractivity contribution in [3.63, 3.8) is 0 Å². The molecule has 15 heavy (non-hydrogen) atoms. The third-order valence-corrected chi connectivity index (χ3v) is 2.68. The summed E-state index contributed by atoms with van der Waals surface area (Å²) < 4.78 is 5.66. The molecule has 1 aromatic rings. The highest BCUT2D eigenvalue weighted by molar-refractivity contribution is 5.66. The number of hydrogen-bond donors (Lipinski definition) is 1. The predicted molar refractivity (Wildman–Crippen MR) is 64.0 cm³/mol. The van der Waals surface area contributed by atoms with Gasteiger partial charge in [-0.3, -0.25) is 0 Å². The summed E-state index contributed by atoms with van der Waals surface area (Å²) in [6.07, 6.45) is 0. The van der Waals surface area contributed by atoms with Gasteiger partial charge < -0.3 is 15.0 Å². The first kappa shape index (κ1) is 10.1. The van der Waals surface area contributed by atoms with Gasteiger partial charge in [0.15, 0.2) is 0 Å². The van der Waals surface area contributed by atoms with E-state index >= 15 is 0 Å². The van der Waals surface area contributed by atoms with Crippen molar-refractivity contribution in [2.24, 2.45) is 0 Å². The topological polar surface area (TPSA) is 24.5 Å². The molecule has 3 heteroatoms. The van der Waals surface area contributed by atoms with Gasteiger partial charge in [-0.25, -0.2) is 0 Å². The largest absolute Gasteiger partial charge is 0.489 e. The van der Waals surface area contributed by atoms with Crippen LogP contribution in [-0.4, -0.2) is 26.2 Å².